The fourth-order valence-corrected chi connectivity index (χ4v) is 10.8. The molecule has 1 saturated heterocycles. The van der Waals surface area contributed by atoms with Crippen LogP contribution >= 0.6 is 0 Å². The molecule has 6 aromatic rings. The summed E-state index contributed by atoms with van der Waals surface area (Å²) in [5, 5.41) is 51.9. The number of carboxylic acids is 1. The number of carbonyl (C=O) groups is 14. The number of phenols is 2. The monoisotopic (exact) mass is 1420 g/mol. The van der Waals surface area contributed by atoms with Gasteiger partial charge in [-0.15, -0.1) is 0 Å². The number of aromatic hydroxyl groups is 2. The topological polar surface area (TPSA) is 576 Å². The Labute approximate surface area is 587 Å². The van der Waals surface area contributed by atoms with E-state index in [1.165, 1.54) is 60.7 Å². The summed E-state index contributed by atoms with van der Waals surface area (Å²) in [6.07, 6.45) is -5.25. The van der Waals surface area contributed by atoms with E-state index in [1.54, 1.807) is 79.0 Å². The van der Waals surface area contributed by atoms with Crippen LogP contribution < -0.4 is 87.2 Å². The fraction of sp³-hybridized carbons (Fsp3) is 0.309. The van der Waals surface area contributed by atoms with Gasteiger partial charge in [-0.05, 0) is 90.8 Å². The summed E-state index contributed by atoms with van der Waals surface area (Å²) in [6, 6.07) is 17.3. The summed E-state index contributed by atoms with van der Waals surface area (Å²) in [5.74, 6) is -13.6. The number of nitrogens with one attached hydrogen (secondary N) is 13. The van der Waals surface area contributed by atoms with Gasteiger partial charge >= 0.3 is 5.97 Å². The van der Waals surface area contributed by atoms with Gasteiger partial charge in [0.2, 0.25) is 58.9 Å². The van der Waals surface area contributed by atoms with Gasteiger partial charge in [0.15, 0.2) is 12.1 Å². The molecule has 1 unspecified atom stereocenters. The van der Waals surface area contributed by atoms with Crippen molar-refractivity contribution < 1.29 is 82.4 Å². The number of hydrogen-bond donors (Lipinski definition) is 20. The average Bonchev–Trinajstić information content (AvgIpc) is 1.74. The lowest BCUT2D eigenvalue weighted by Crippen LogP contribution is -2.64. The number of nitrogens with two attached hydrogens (primary N) is 4. The molecule has 0 saturated carbocycles. The van der Waals surface area contributed by atoms with Gasteiger partial charge in [-0.2, -0.15) is 0 Å². The number of benzene rings is 5. The van der Waals surface area contributed by atoms with E-state index in [9.17, 15) is 68.1 Å². The minimum atomic E-state index is -2.49. The van der Waals surface area contributed by atoms with Crippen molar-refractivity contribution in [3.8, 4) is 11.5 Å². The lowest BCUT2D eigenvalue weighted by molar-refractivity contribution is -0.150. The number of carbonyl (C=O) groups excluding carboxylic acids is 13. The number of rotatable bonds is 24. The standard InChI is InChI=1S/C68H80N18O17/c1-35-58(93)77-46(27-36-11-4-2-5-12-36)55(91)65(100)83-57(66(101)86-85-47(56(92)67(102)103)28-38-18-22-41(87)23-19-38)82-54(90)33-51(81-64(99)52(84-72)30-39-20-24-42(88)25-21-39)63(98)78-48(29-37-13-6-3-7-14-37)61(96)76-45(17-10-26-73-68(70)71)59(94)79-49(31-40-34-74-44-16-9-8-15-43(40)44)62(97)80-50(32-53(69)89)60(95)75-35/h2-9,11-16,18-25,34-35,45-52,57,74,84-85,87-88H,10,17,26-33,72H2,1H3,(H2,69,89)(H,75,95)(H,76,96)(H,77,93)(H,78,98)(H,79,94)(H,80,97)(H,81,99)(H,82,90)(H,83,100)(H,86,101)(H,102,103)(H4,70,71,73)/t35-,45+,46+,47-,48-,49-,50+,51-,52+,57?/m1/s1. The highest BCUT2D eigenvalue weighted by molar-refractivity contribution is 6.39. The zero-order valence-electron chi connectivity index (χ0n) is 55.4. The van der Waals surface area contributed by atoms with Crippen molar-refractivity contribution in [3.05, 3.63) is 167 Å². The van der Waals surface area contributed by atoms with Crippen LogP contribution in [0, 0.1) is 0 Å². The number of Topliss-reactive ketones (excluding diaryl/α,β-unsaturated/α-hetero) is 2. The fourth-order valence-electron chi connectivity index (χ4n) is 10.8. The van der Waals surface area contributed by atoms with Crippen LogP contribution in [0.25, 0.3) is 10.9 Å². The first kappa shape index (κ1) is 77.7. The van der Waals surface area contributed by atoms with Crippen molar-refractivity contribution in [1.82, 2.24) is 69.1 Å². The molecule has 1 aliphatic heterocycles. The van der Waals surface area contributed by atoms with Crippen molar-refractivity contribution in [1.29, 1.82) is 0 Å². The second-order valence-corrected chi connectivity index (χ2v) is 24.0. The van der Waals surface area contributed by atoms with E-state index >= 15 is 14.4 Å². The molecule has 10 atom stereocenters. The van der Waals surface area contributed by atoms with E-state index in [0.29, 0.717) is 33.2 Å². The summed E-state index contributed by atoms with van der Waals surface area (Å²) in [4.78, 5) is 207. The van der Waals surface area contributed by atoms with Gasteiger partial charge < -0.3 is 85.4 Å². The van der Waals surface area contributed by atoms with E-state index < -0.39 is 169 Å². The summed E-state index contributed by atoms with van der Waals surface area (Å²) in [7, 11) is 0. The number of ketones is 2. The van der Waals surface area contributed by atoms with E-state index in [2.05, 4.69) is 63.4 Å². The maximum atomic E-state index is 15.2. The molecule has 1 aromatic heterocycles. The number of hydrogen-bond acceptors (Lipinski definition) is 20. The molecule has 0 spiro atoms. The quantitative estimate of drug-likeness (QED) is 0.00677. The molecule has 544 valence electrons. The number of H-pyrrole nitrogens is 1. The molecule has 0 aliphatic carbocycles. The average molecular weight is 1420 g/mol. The summed E-state index contributed by atoms with van der Waals surface area (Å²) in [5.41, 5.74) is 25.9. The second-order valence-electron chi connectivity index (χ2n) is 24.0. The zero-order chi connectivity index (χ0) is 74.9. The van der Waals surface area contributed by atoms with Gasteiger partial charge in [0.1, 0.15) is 65.9 Å². The van der Waals surface area contributed by atoms with Gasteiger partial charge in [-0.25, -0.2) is 15.6 Å². The maximum absolute atomic E-state index is 15.2. The van der Waals surface area contributed by atoms with Crippen LogP contribution in [0.5, 0.6) is 11.5 Å². The number of aliphatic carboxylic acids is 1. The number of guanidine groups is 1. The number of aromatic amines is 1. The first-order chi connectivity index (χ1) is 49.1. The van der Waals surface area contributed by atoms with Crippen LogP contribution in [-0.2, 0) is 99.2 Å². The van der Waals surface area contributed by atoms with Crippen LogP contribution in [-0.4, -0.2) is 176 Å². The van der Waals surface area contributed by atoms with E-state index in [1.807, 2.05) is 10.7 Å². The van der Waals surface area contributed by atoms with E-state index in [4.69, 9.17) is 23.0 Å². The molecule has 35 heteroatoms. The number of carboxylic acid groups (broad SMARTS) is 1. The van der Waals surface area contributed by atoms with Gasteiger partial charge in [0.25, 0.3) is 17.6 Å². The Hall–Kier alpha value is -12.6. The van der Waals surface area contributed by atoms with Crippen molar-refractivity contribution >= 4 is 99.4 Å². The van der Waals surface area contributed by atoms with Crippen molar-refractivity contribution in [2.45, 2.75) is 125 Å². The Balaban J connectivity index is 1.35. The Bertz CT molecular complexity index is 4100. The molecule has 2 heterocycles. The van der Waals surface area contributed by atoms with Gasteiger partial charge in [-0.3, -0.25) is 78.6 Å². The molecule has 103 heavy (non-hydrogen) atoms. The Morgan fingerprint density at radius 2 is 1.08 bits per heavy atom. The van der Waals surface area contributed by atoms with Crippen molar-refractivity contribution in [3.63, 3.8) is 0 Å². The number of fused-ring (bicyclic) bond motifs is 1. The molecular formula is C68H80N18O17. The third-order valence-corrected chi connectivity index (χ3v) is 16.2. The Morgan fingerprint density at radius 3 is 1.66 bits per heavy atom. The van der Waals surface area contributed by atoms with Gasteiger partial charge in [-0.1, -0.05) is 103 Å². The summed E-state index contributed by atoms with van der Waals surface area (Å²) < 4.78 is 0. The molecule has 1 aliphatic rings. The van der Waals surface area contributed by atoms with Crippen LogP contribution in [0.3, 0.4) is 0 Å². The number of para-hydroxylation sites is 1. The van der Waals surface area contributed by atoms with Crippen LogP contribution in [0.15, 0.2) is 145 Å². The van der Waals surface area contributed by atoms with Crippen molar-refractivity contribution in [2.75, 3.05) is 6.54 Å². The highest BCUT2D eigenvalue weighted by Gasteiger charge is 2.39. The Kier molecular flexibility index (Phi) is 28.3. The third-order valence-electron chi connectivity index (χ3n) is 16.2. The minimum absolute atomic E-state index is 0.0286. The summed E-state index contributed by atoms with van der Waals surface area (Å²) in [6.45, 7) is 1.02. The lowest BCUT2D eigenvalue weighted by Gasteiger charge is -2.28. The maximum Gasteiger partial charge on any atom is 0.373 e. The van der Waals surface area contributed by atoms with E-state index in [-0.39, 0.29) is 61.7 Å². The van der Waals surface area contributed by atoms with Gasteiger partial charge in [0, 0.05) is 42.9 Å². The highest BCUT2D eigenvalue weighted by atomic mass is 16.4. The first-order valence-electron chi connectivity index (χ1n) is 32.2. The molecule has 0 radical (unpaired) electrons. The number of hydrazine groups is 2. The van der Waals surface area contributed by atoms with Gasteiger partial charge in [0.05, 0.1) is 12.8 Å². The number of phenolic OH excluding ortho intramolecular Hbond substituents is 2. The molecule has 11 amide bonds. The molecule has 24 N–H and O–H groups in total. The third kappa shape index (κ3) is 23.8. The first-order valence-corrected chi connectivity index (χ1v) is 32.2. The lowest BCUT2D eigenvalue weighted by atomic mass is 10.0. The van der Waals surface area contributed by atoms with Crippen LogP contribution in [0.2, 0.25) is 0 Å². The zero-order valence-corrected chi connectivity index (χ0v) is 55.4. The second kappa shape index (κ2) is 37.5. The minimum Gasteiger partial charge on any atom is -0.508 e. The van der Waals surface area contributed by atoms with Crippen molar-refractivity contribution in [2.24, 2.45) is 28.0 Å². The van der Waals surface area contributed by atoms with E-state index in [0.717, 1.165) is 6.92 Å². The molecule has 0 bridgehead atoms. The number of aromatic nitrogens is 1. The number of primary amides is 1. The largest absolute Gasteiger partial charge is 0.508 e. The number of amides is 11. The predicted octanol–water partition coefficient (Wildman–Crippen LogP) is -4.56. The molecule has 35 nitrogen and oxygen atoms in total. The smallest absolute Gasteiger partial charge is 0.373 e. The van der Waals surface area contributed by atoms with Crippen LogP contribution in [0.1, 0.15) is 60.4 Å². The molecule has 7 rings (SSSR count). The van der Waals surface area contributed by atoms with Crippen LogP contribution in [0.4, 0.5) is 0 Å². The predicted molar refractivity (Wildman–Crippen MR) is 367 cm³/mol. The number of nitrogens with zero attached hydrogens (tertiary/aromatic N) is 1. The highest BCUT2D eigenvalue weighted by Crippen LogP contribution is 2.21. The normalized spacial score (nSPS) is 20.5. The molecule has 1 fully saturated rings. The Morgan fingerprint density at radius 1 is 0.563 bits per heavy atom. The molecule has 5 aromatic carbocycles. The summed E-state index contributed by atoms with van der Waals surface area (Å²) >= 11 is 0. The number of aliphatic imine (C=N–C) groups is 1. The SMILES string of the molecule is C[C@H]1NC(=O)[C@H](CC(N)=O)NC(=O)[C@@H](Cc2c[nH]c3ccccc23)NC(=O)[C@H](CCCN=C(N)N)NC(=O)[C@@H](Cc2ccccc2)NC(=O)[C@H](NC(=O)[C@H](Cc2ccc(O)cc2)NN)CC(=O)NC(C(=O)NN[C@H](Cc2ccc(O)cc2)C(=O)C(=O)O)NC(=O)C(=O)[C@H](Cc2ccccc2)NC1=O. The molecular weight excluding hydrogens is 1340 g/mol.